The van der Waals surface area contributed by atoms with Gasteiger partial charge >= 0.3 is 0 Å². The minimum Gasteiger partial charge on any atom is -0.437 e. The van der Waals surface area contributed by atoms with Crippen LogP contribution in [-0.2, 0) is 0 Å². The highest BCUT2D eigenvalue weighted by Gasteiger charge is 2.18. The zero-order valence-corrected chi connectivity index (χ0v) is 15.0. The van der Waals surface area contributed by atoms with E-state index in [1.807, 2.05) is 25.3 Å². The van der Waals surface area contributed by atoms with Crippen LogP contribution < -0.4 is 0 Å². The Morgan fingerprint density at radius 2 is 1.65 bits per heavy atom. The number of fused-ring (bicyclic) bond motifs is 4. The highest BCUT2D eigenvalue weighted by molar-refractivity contribution is 6.09. The van der Waals surface area contributed by atoms with Crippen molar-refractivity contribution in [2.24, 2.45) is 0 Å². The van der Waals surface area contributed by atoms with E-state index in [4.69, 9.17) is 9.40 Å². The molecular weight excluding hydrogens is 320 g/mol. The van der Waals surface area contributed by atoms with Gasteiger partial charge in [-0.25, -0.2) is 4.98 Å². The average Bonchev–Trinajstić information content (AvgIpc) is 2.99. The number of pyridine rings is 2. The van der Waals surface area contributed by atoms with Gasteiger partial charge in [0, 0.05) is 33.6 Å². The van der Waals surface area contributed by atoms with Crippen LogP contribution in [0.2, 0.25) is 0 Å². The molecule has 0 aliphatic heterocycles. The first-order valence-corrected chi connectivity index (χ1v) is 8.77. The van der Waals surface area contributed by atoms with E-state index in [0.29, 0.717) is 5.71 Å². The van der Waals surface area contributed by atoms with Crippen LogP contribution in [0.15, 0.2) is 59.1 Å². The summed E-state index contributed by atoms with van der Waals surface area (Å²) in [4.78, 5) is 9.31. The molecular formula is C23H18N2O. The Bertz CT molecular complexity index is 1310. The number of furan rings is 1. The largest absolute Gasteiger partial charge is 0.437 e. The summed E-state index contributed by atoms with van der Waals surface area (Å²) in [5.41, 5.74) is 6.92. The summed E-state index contributed by atoms with van der Waals surface area (Å²) in [5, 5.41) is 4.47. The first kappa shape index (κ1) is 15.1. The van der Waals surface area contributed by atoms with Gasteiger partial charge in [-0.15, -0.1) is 0 Å². The van der Waals surface area contributed by atoms with E-state index in [0.717, 1.165) is 38.7 Å². The van der Waals surface area contributed by atoms with E-state index >= 15 is 0 Å². The Morgan fingerprint density at radius 1 is 0.846 bits per heavy atom. The summed E-state index contributed by atoms with van der Waals surface area (Å²) < 4.78 is 6.22. The number of aromatic nitrogens is 2. The highest BCUT2D eigenvalue weighted by atomic mass is 16.3. The summed E-state index contributed by atoms with van der Waals surface area (Å²) in [6, 6.07) is 16.7. The molecule has 3 nitrogen and oxygen atoms in total. The molecule has 3 heteroatoms. The maximum Gasteiger partial charge on any atom is 0.227 e. The summed E-state index contributed by atoms with van der Waals surface area (Å²) in [6.45, 7) is 6.25. The molecule has 2 aromatic carbocycles. The zero-order valence-electron chi connectivity index (χ0n) is 15.0. The fraction of sp³-hybridized carbons (Fsp3) is 0.130. The first-order valence-electron chi connectivity index (χ1n) is 8.77. The molecule has 0 N–H and O–H groups in total. The lowest BCUT2D eigenvalue weighted by Crippen LogP contribution is -1.91. The third-order valence-corrected chi connectivity index (χ3v) is 5.17. The van der Waals surface area contributed by atoms with Crippen molar-refractivity contribution in [1.82, 2.24) is 9.97 Å². The average molecular weight is 338 g/mol. The van der Waals surface area contributed by atoms with E-state index in [-0.39, 0.29) is 0 Å². The molecule has 0 saturated heterocycles. The van der Waals surface area contributed by atoms with Crippen molar-refractivity contribution in [3.05, 3.63) is 71.5 Å². The summed E-state index contributed by atoms with van der Waals surface area (Å²) >= 11 is 0. The molecule has 3 aromatic heterocycles. The number of hydrogen-bond donors (Lipinski definition) is 0. The molecule has 5 aromatic rings. The second-order valence-corrected chi connectivity index (χ2v) is 6.89. The smallest absolute Gasteiger partial charge is 0.227 e. The van der Waals surface area contributed by atoms with Crippen molar-refractivity contribution in [2.45, 2.75) is 20.8 Å². The van der Waals surface area contributed by atoms with Gasteiger partial charge in [0.2, 0.25) is 5.71 Å². The van der Waals surface area contributed by atoms with Crippen LogP contribution in [0.5, 0.6) is 0 Å². The van der Waals surface area contributed by atoms with E-state index in [2.05, 4.69) is 55.2 Å². The summed E-state index contributed by atoms with van der Waals surface area (Å²) in [7, 11) is 0. The van der Waals surface area contributed by atoms with Crippen LogP contribution in [0.1, 0.15) is 16.8 Å². The van der Waals surface area contributed by atoms with E-state index in [9.17, 15) is 0 Å². The zero-order chi connectivity index (χ0) is 17.8. The molecule has 0 saturated carbocycles. The van der Waals surface area contributed by atoms with Crippen LogP contribution in [-0.4, -0.2) is 9.97 Å². The SMILES string of the molecule is Cc1ccc2c(n1)oc1c(-c3cc4ccccc4cn3)c(C)c(C)cc12. The van der Waals surface area contributed by atoms with E-state index < -0.39 is 0 Å². The van der Waals surface area contributed by atoms with Gasteiger partial charge in [-0.05, 0) is 61.5 Å². The summed E-state index contributed by atoms with van der Waals surface area (Å²) in [5.74, 6) is 0. The van der Waals surface area contributed by atoms with Crippen LogP contribution in [0.25, 0.3) is 44.1 Å². The number of hydrogen-bond acceptors (Lipinski definition) is 3. The van der Waals surface area contributed by atoms with Crippen LogP contribution in [0.4, 0.5) is 0 Å². The normalized spacial score (nSPS) is 11.7. The van der Waals surface area contributed by atoms with Crippen LogP contribution in [0, 0.1) is 20.8 Å². The Balaban J connectivity index is 1.90. The molecule has 0 unspecified atom stereocenters. The number of aryl methyl sites for hydroxylation is 2. The number of nitrogens with zero attached hydrogens (tertiary/aromatic N) is 2. The van der Waals surface area contributed by atoms with Gasteiger partial charge in [-0.2, -0.15) is 0 Å². The van der Waals surface area contributed by atoms with Crippen molar-refractivity contribution < 1.29 is 4.42 Å². The third kappa shape index (κ3) is 2.14. The fourth-order valence-electron chi connectivity index (χ4n) is 3.64. The van der Waals surface area contributed by atoms with Gasteiger partial charge in [0.1, 0.15) is 5.58 Å². The van der Waals surface area contributed by atoms with Crippen molar-refractivity contribution in [2.75, 3.05) is 0 Å². The standard InChI is InChI=1S/C23H18N2O/c1-13-10-19-18-9-8-14(2)25-23(18)26-22(19)21(15(13)3)20-11-16-6-4-5-7-17(16)12-24-20/h4-12H,1-3H3. The van der Waals surface area contributed by atoms with Crippen molar-refractivity contribution in [3.8, 4) is 11.3 Å². The molecule has 0 spiro atoms. The second-order valence-electron chi connectivity index (χ2n) is 6.89. The lowest BCUT2D eigenvalue weighted by atomic mass is 9.96. The van der Waals surface area contributed by atoms with Crippen LogP contribution in [0.3, 0.4) is 0 Å². The maximum atomic E-state index is 6.22. The Hall–Kier alpha value is -3.20. The van der Waals surface area contributed by atoms with Gasteiger partial charge in [-0.3, -0.25) is 4.98 Å². The van der Waals surface area contributed by atoms with Crippen molar-refractivity contribution >= 4 is 32.8 Å². The number of benzene rings is 2. The van der Waals surface area contributed by atoms with Crippen molar-refractivity contribution in [3.63, 3.8) is 0 Å². The minimum absolute atomic E-state index is 0.687. The molecule has 0 aliphatic rings. The van der Waals surface area contributed by atoms with Crippen LogP contribution >= 0.6 is 0 Å². The maximum absolute atomic E-state index is 6.22. The lowest BCUT2D eigenvalue weighted by molar-refractivity contribution is 0.653. The minimum atomic E-state index is 0.687. The molecule has 0 radical (unpaired) electrons. The van der Waals surface area contributed by atoms with E-state index in [1.165, 1.54) is 16.5 Å². The molecule has 0 atom stereocenters. The molecule has 5 rings (SSSR count). The van der Waals surface area contributed by atoms with Gasteiger partial charge in [0.05, 0.1) is 5.69 Å². The molecule has 3 heterocycles. The predicted molar refractivity (Wildman–Crippen MR) is 106 cm³/mol. The quantitative estimate of drug-likeness (QED) is 0.369. The van der Waals surface area contributed by atoms with E-state index in [1.54, 1.807) is 0 Å². The molecule has 0 fully saturated rings. The Morgan fingerprint density at radius 3 is 2.50 bits per heavy atom. The molecule has 126 valence electrons. The molecule has 0 bridgehead atoms. The predicted octanol–water partition coefficient (Wildman–Crippen LogP) is 6.12. The van der Waals surface area contributed by atoms with Gasteiger partial charge < -0.3 is 4.42 Å². The van der Waals surface area contributed by atoms with Gasteiger partial charge in [-0.1, -0.05) is 24.3 Å². The highest BCUT2D eigenvalue weighted by Crippen LogP contribution is 2.38. The summed E-state index contributed by atoms with van der Waals surface area (Å²) in [6.07, 6.45) is 1.93. The second kappa shape index (κ2) is 5.40. The molecule has 0 amide bonds. The monoisotopic (exact) mass is 338 g/mol. The van der Waals surface area contributed by atoms with Crippen molar-refractivity contribution in [1.29, 1.82) is 0 Å². The third-order valence-electron chi connectivity index (χ3n) is 5.17. The van der Waals surface area contributed by atoms with Gasteiger partial charge in [0.25, 0.3) is 0 Å². The Labute approximate surface area is 151 Å². The molecule has 0 aliphatic carbocycles. The van der Waals surface area contributed by atoms with Gasteiger partial charge in [0.15, 0.2) is 0 Å². The lowest BCUT2D eigenvalue weighted by Gasteiger charge is -2.10. The Kier molecular flexibility index (Phi) is 3.13. The first-order chi connectivity index (χ1) is 12.6. The fourth-order valence-corrected chi connectivity index (χ4v) is 3.64. The topological polar surface area (TPSA) is 38.9 Å². The molecule has 26 heavy (non-hydrogen) atoms. The number of rotatable bonds is 1.